The van der Waals surface area contributed by atoms with Crippen molar-refractivity contribution in [3.05, 3.63) is 42.2 Å². The highest BCUT2D eigenvalue weighted by Crippen LogP contribution is 2.32. The minimum absolute atomic E-state index is 0.156. The van der Waals surface area contributed by atoms with Crippen LogP contribution in [0.4, 0.5) is 0 Å². The van der Waals surface area contributed by atoms with Crippen molar-refractivity contribution < 1.29 is 4.79 Å². The third kappa shape index (κ3) is 2.46. The second-order valence-corrected chi connectivity index (χ2v) is 5.72. The average molecular weight is 268 g/mol. The monoisotopic (exact) mass is 268 g/mol. The second-order valence-electron chi connectivity index (χ2n) is 5.72. The van der Waals surface area contributed by atoms with Crippen LogP contribution in [-0.4, -0.2) is 17.3 Å². The zero-order chi connectivity index (χ0) is 13.9. The van der Waals surface area contributed by atoms with Crippen molar-refractivity contribution in [3.8, 4) is 0 Å². The summed E-state index contributed by atoms with van der Waals surface area (Å²) in [7, 11) is 0. The predicted octanol–water partition coefficient (Wildman–Crippen LogP) is 3.18. The minimum Gasteiger partial charge on any atom is -0.330 e. The summed E-state index contributed by atoms with van der Waals surface area (Å²) in [6.45, 7) is 0.749. The number of carbonyl (C=O) groups is 1. The zero-order valence-corrected chi connectivity index (χ0v) is 11.6. The van der Waals surface area contributed by atoms with Gasteiger partial charge in [0.2, 0.25) is 0 Å². The smallest absolute Gasteiger partial charge is 0.166 e. The number of pyridine rings is 1. The fourth-order valence-electron chi connectivity index (χ4n) is 3.21. The number of carbonyl (C=O) groups excluding carboxylic acids is 1. The summed E-state index contributed by atoms with van der Waals surface area (Å²) in [6, 6.07) is 7.87. The first-order valence-electron chi connectivity index (χ1n) is 7.36. The van der Waals surface area contributed by atoms with Crippen LogP contribution in [0.5, 0.6) is 0 Å². The third-order valence-corrected chi connectivity index (χ3v) is 4.50. The highest BCUT2D eigenvalue weighted by molar-refractivity contribution is 6.08. The SMILES string of the molecule is NCC1CCC(C(=O)c2cccc3ccncc23)CC1. The summed E-state index contributed by atoms with van der Waals surface area (Å²) >= 11 is 0. The van der Waals surface area contributed by atoms with Crippen LogP contribution in [0, 0.1) is 11.8 Å². The molecule has 0 spiro atoms. The average Bonchev–Trinajstić information content (AvgIpc) is 2.54. The van der Waals surface area contributed by atoms with E-state index < -0.39 is 0 Å². The molecule has 1 aromatic heterocycles. The zero-order valence-electron chi connectivity index (χ0n) is 11.6. The molecular formula is C17H20N2O. The summed E-state index contributed by atoms with van der Waals surface area (Å²) in [5.41, 5.74) is 6.54. The van der Waals surface area contributed by atoms with E-state index in [9.17, 15) is 4.79 Å². The topological polar surface area (TPSA) is 56.0 Å². The number of fused-ring (bicyclic) bond motifs is 1. The Labute approximate surface area is 119 Å². The molecule has 3 heteroatoms. The number of Topliss-reactive ketones (excluding diaryl/α,β-unsaturated/α-hetero) is 1. The number of aromatic nitrogens is 1. The van der Waals surface area contributed by atoms with Gasteiger partial charge in [-0.3, -0.25) is 9.78 Å². The Morgan fingerprint density at radius 3 is 2.75 bits per heavy atom. The predicted molar refractivity (Wildman–Crippen MR) is 80.6 cm³/mol. The van der Waals surface area contributed by atoms with Crippen molar-refractivity contribution in [1.82, 2.24) is 4.98 Å². The number of hydrogen-bond donors (Lipinski definition) is 1. The molecule has 1 aliphatic rings. The van der Waals surface area contributed by atoms with E-state index in [4.69, 9.17) is 5.73 Å². The lowest BCUT2D eigenvalue weighted by molar-refractivity contribution is 0.0875. The molecule has 0 atom stereocenters. The normalized spacial score (nSPS) is 22.9. The van der Waals surface area contributed by atoms with Gasteiger partial charge in [0.05, 0.1) is 0 Å². The highest BCUT2D eigenvalue weighted by atomic mass is 16.1. The van der Waals surface area contributed by atoms with Gasteiger partial charge in [-0.05, 0) is 49.6 Å². The second kappa shape index (κ2) is 5.71. The fourth-order valence-corrected chi connectivity index (χ4v) is 3.21. The number of rotatable bonds is 3. The molecule has 0 unspecified atom stereocenters. The molecule has 0 bridgehead atoms. The van der Waals surface area contributed by atoms with Gasteiger partial charge in [-0.15, -0.1) is 0 Å². The molecule has 3 rings (SSSR count). The van der Waals surface area contributed by atoms with Crippen molar-refractivity contribution in [1.29, 1.82) is 0 Å². The van der Waals surface area contributed by atoms with Crippen molar-refractivity contribution in [2.24, 2.45) is 17.6 Å². The number of ketones is 1. The molecule has 1 aliphatic carbocycles. The molecule has 104 valence electrons. The summed E-state index contributed by atoms with van der Waals surface area (Å²) in [5.74, 6) is 1.04. The van der Waals surface area contributed by atoms with Crippen molar-refractivity contribution >= 4 is 16.6 Å². The van der Waals surface area contributed by atoms with Crippen LogP contribution >= 0.6 is 0 Å². The standard InChI is InChI=1S/C17H20N2O/c18-10-12-4-6-14(7-5-12)17(20)15-3-1-2-13-8-9-19-11-16(13)15/h1-3,8-9,11-12,14H,4-7,10,18H2. The Morgan fingerprint density at radius 2 is 2.00 bits per heavy atom. The van der Waals surface area contributed by atoms with E-state index in [0.717, 1.165) is 48.6 Å². The van der Waals surface area contributed by atoms with Crippen molar-refractivity contribution in [2.45, 2.75) is 25.7 Å². The first-order valence-corrected chi connectivity index (χ1v) is 7.36. The molecule has 0 amide bonds. The van der Waals surface area contributed by atoms with E-state index in [1.807, 2.05) is 24.3 Å². The lowest BCUT2D eigenvalue weighted by Crippen LogP contribution is -2.25. The molecule has 1 saturated carbocycles. The molecule has 20 heavy (non-hydrogen) atoms. The molecule has 1 fully saturated rings. The maximum absolute atomic E-state index is 12.7. The maximum Gasteiger partial charge on any atom is 0.166 e. The van der Waals surface area contributed by atoms with Crippen LogP contribution in [0.25, 0.3) is 10.8 Å². The van der Waals surface area contributed by atoms with Crippen LogP contribution in [0.2, 0.25) is 0 Å². The molecule has 0 saturated heterocycles. The van der Waals surface area contributed by atoms with Crippen LogP contribution in [0.3, 0.4) is 0 Å². The Bertz CT molecular complexity index is 610. The van der Waals surface area contributed by atoms with E-state index in [1.54, 1.807) is 12.4 Å². The molecule has 0 aliphatic heterocycles. The largest absolute Gasteiger partial charge is 0.330 e. The Balaban J connectivity index is 1.86. The minimum atomic E-state index is 0.156. The van der Waals surface area contributed by atoms with Crippen LogP contribution in [-0.2, 0) is 0 Å². The molecule has 1 heterocycles. The first-order chi connectivity index (χ1) is 9.79. The van der Waals surface area contributed by atoms with Gasteiger partial charge in [0, 0.05) is 29.3 Å². The summed E-state index contributed by atoms with van der Waals surface area (Å²) in [4.78, 5) is 16.9. The number of nitrogens with two attached hydrogens (primary N) is 1. The fraction of sp³-hybridized carbons (Fsp3) is 0.412. The van der Waals surface area contributed by atoms with Gasteiger partial charge in [-0.2, -0.15) is 0 Å². The van der Waals surface area contributed by atoms with Crippen molar-refractivity contribution in [2.75, 3.05) is 6.54 Å². The van der Waals surface area contributed by atoms with Gasteiger partial charge in [-0.25, -0.2) is 0 Å². The Hall–Kier alpha value is -1.74. The maximum atomic E-state index is 12.7. The lowest BCUT2D eigenvalue weighted by atomic mass is 9.78. The summed E-state index contributed by atoms with van der Waals surface area (Å²) < 4.78 is 0. The molecule has 3 nitrogen and oxygen atoms in total. The molecular weight excluding hydrogens is 248 g/mol. The van der Waals surface area contributed by atoms with E-state index >= 15 is 0 Å². The quantitative estimate of drug-likeness (QED) is 0.870. The van der Waals surface area contributed by atoms with Crippen LogP contribution < -0.4 is 5.73 Å². The van der Waals surface area contributed by atoms with Gasteiger partial charge in [0.15, 0.2) is 5.78 Å². The van der Waals surface area contributed by atoms with Gasteiger partial charge in [-0.1, -0.05) is 18.2 Å². The molecule has 1 aromatic carbocycles. The van der Waals surface area contributed by atoms with E-state index in [-0.39, 0.29) is 11.7 Å². The number of benzene rings is 1. The summed E-state index contributed by atoms with van der Waals surface area (Å²) in [6.07, 6.45) is 7.66. The van der Waals surface area contributed by atoms with Crippen LogP contribution in [0.1, 0.15) is 36.0 Å². The first kappa shape index (κ1) is 13.3. The molecule has 0 radical (unpaired) electrons. The van der Waals surface area contributed by atoms with E-state index in [0.29, 0.717) is 5.92 Å². The Morgan fingerprint density at radius 1 is 1.20 bits per heavy atom. The van der Waals surface area contributed by atoms with E-state index in [2.05, 4.69) is 4.98 Å². The number of hydrogen-bond acceptors (Lipinski definition) is 3. The third-order valence-electron chi connectivity index (χ3n) is 4.50. The van der Waals surface area contributed by atoms with Gasteiger partial charge < -0.3 is 5.73 Å². The van der Waals surface area contributed by atoms with E-state index in [1.165, 1.54) is 0 Å². The molecule has 2 N–H and O–H groups in total. The Kier molecular flexibility index (Phi) is 3.79. The van der Waals surface area contributed by atoms with Gasteiger partial charge in [0.1, 0.15) is 0 Å². The van der Waals surface area contributed by atoms with Gasteiger partial charge >= 0.3 is 0 Å². The van der Waals surface area contributed by atoms with Crippen LogP contribution in [0.15, 0.2) is 36.7 Å². The highest BCUT2D eigenvalue weighted by Gasteiger charge is 2.27. The number of nitrogens with zero attached hydrogens (tertiary/aromatic N) is 1. The lowest BCUT2D eigenvalue weighted by Gasteiger charge is -2.26. The van der Waals surface area contributed by atoms with Crippen molar-refractivity contribution in [3.63, 3.8) is 0 Å². The molecule has 2 aromatic rings. The summed E-state index contributed by atoms with van der Waals surface area (Å²) in [5, 5.41) is 2.06. The van der Waals surface area contributed by atoms with Gasteiger partial charge in [0.25, 0.3) is 0 Å².